The van der Waals surface area contributed by atoms with Gasteiger partial charge in [-0.3, -0.25) is 4.79 Å². The van der Waals surface area contributed by atoms with E-state index in [9.17, 15) is 4.79 Å². The molecule has 0 amide bonds. The Morgan fingerprint density at radius 1 is 0.963 bits per heavy atom. The van der Waals surface area contributed by atoms with Gasteiger partial charge in [0.25, 0.3) is 0 Å². The maximum absolute atomic E-state index is 12.6. The number of oxazole rings is 1. The maximum Gasteiger partial charge on any atom is 0.227 e. The van der Waals surface area contributed by atoms with Crippen LogP contribution in [0, 0.1) is 6.92 Å². The van der Waals surface area contributed by atoms with Crippen LogP contribution in [0.5, 0.6) is 0 Å². The number of hydrogen-bond donors (Lipinski definition) is 0. The van der Waals surface area contributed by atoms with Crippen LogP contribution in [0.15, 0.2) is 71.1 Å². The van der Waals surface area contributed by atoms with Crippen molar-refractivity contribution in [3.05, 3.63) is 89.0 Å². The van der Waals surface area contributed by atoms with E-state index >= 15 is 0 Å². The van der Waals surface area contributed by atoms with E-state index in [1.807, 2.05) is 67.6 Å². The van der Waals surface area contributed by atoms with Gasteiger partial charge in [-0.1, -0.05) is 55.0 Å². The van der Waals surface area contributed by atoms with Gasteiger partial charge in [0.05, 0.1) is 0 Å². The van der Waals surface area contributed by atoms with Gasteiger partial charge in [0.2, 0.25) is 5.89 Å². The second-order valence-electron chi connectivity index (χ2n) is 6.84. The van der Waals surface area contributed by atoms with E-state index in [1.165, 1.54) is 5.56 Å². The van der Waals surface area contributed by atoms with Crippen molar-refractivity contribution >= 4 is 16.9 Å². The quantitative estimate of drug-likeness (QED) is 0.426. The first-order valence-electron chi connectivity index (χ1n) is 9.21. The average Bonchev–Trinajstić information content (AvgIpc) is 3.11. The monoisotopic (exact) mass is 355 g/mol. The van der Waals surface area contributed by atoms with E-state index in [1.54, 1.807) is 0 Å². The van der Waals surface area contributed by atoms with Gasteiger partial charge in [-0.25, -0.2) is 4.98 Å². The van der Waals surface area contributed by atoms with Crippen LogP contribution in [0.4, 0.5) is 0 Å². The Bertz CT molecular complexity index is 1110. The van der Waals surface area contributed by atoms with Crippen molar-refractivity contribution in [1.82, 2.24) is 4.98 Å². The minimum Gasteiger partial charge on any atom is -0.436 e. The molecule has 0 aliphatic carbocycles. The molecular weight excluding hydrogens is 334 g/mol. The summed E-state index contributed by atoms with van der Waals surface area (Å²) in [6.45, 7) is 4.15. The first-order chi connectivity index (χ1) is 13.1. The molecule has 0 fully saturated rings. The average molecular weight is 355 g/mol. The third-order valence-electron chi connectivity index (χ3n) is 4.77. The maximum atomic E-state index is 12.6. The smallest absolute Gasteiger partial charge is 0.227 e. The molecule has 0 radical (unpaired) electrons. The minimum absolute atomic E-state index is 0.111. The summed E-state index contributed by atoms with van der Waals surface area (Å²) in [5.41, 5.74) is 6.55. The van der Waals surface area contributed by atoms with E-state index < -0.39 is 0 Å². The molecule has 134 valence electrons. The normalized spacial score (nSPS) is 11.0. The van der Waals surface area contributed by atoms with Gasteiger partial charge in [0.1, 0.15) is 5.52 Å². The molecule has 0 saturated heterocycles. The van der Waals surface area contributed by atoms with Crippen LogP contribution in [0.25, 0.3) is 22.6 Å². The fraction of sp³-hybridized carbons (Fsp3) is 0.167. The Morgan fingerprint density at radius 2 is 1.74 bits per heavy atom. The van der Waals surface area contributed by atoms with Crippen molar-refractivity contribution in [3.8, 4) is 11.5 Å². The molecular formula is C24H21NO2. The molecule has 0 atom stereocenters. The van der Waals surface area contributed by atoms with Crippen LogP contribution in [-0.2, 0) is 12.8 Å². The Balaban J connectivity index is 1.58. The molecule has 4 aromatic rings. The molecule has 3 nitrogen and oxygen atoms in total. The highest BCUT2D eigenvalue weighted by atomic mass is 16.3. The lowest BCUT2D eigenvalue weighted by atomic mass is 10.0. The summed E-state index contributed by atoms with van der Waals surface area (Å²) < 4.78 is 5.88. The molecule has 27 heavy (non-hydrogen) atoms. The molecule has 1 aromatic heterocycles. The second-order valence-corrected chi connectivity index (χ2v) is 6.84. The Kier molecular flexibility index (Phi) is 4.59. The second kappa shape index (κ2) is 7.20. The van der Waals surface area contributed by atoms with Crippen LogP contribution in [0.3, 0.4) is 0 Å². The number of rotatable bonds is 5. The zero-order valence-corrected chi connectivity index (χ0v) is 15.5. The van der Waals surface area contributed by atoms with Crippen molar-refractivity contribution in [2.45, 2.75) is 26.7 Å². The van der Waals surface area contributed by atoms with Crippen LogP contribution in [0.2, 0.25) is 0 Å². The van der Waals surface area contributed by atoms with Gasteiger partial charge in [-0.2, -0.15) is 0 Å². The fourth-order valence-electron chi connectivity index (χ4n) is 3.20. The molecule has 3 aromatic carbocycles. The van der Waals surface area contributed by atoms with Gasteiger partial charge in [0.15, 0.2) is 11.4 Å². The van der Waals surface area contributed by atoms with Gasteiger partial charge in [-0.05, 0) is 48.7 Å². The highest BCUT2D eigenvalue weighted by molar-refractivity contribution is 5.97. The van der Waals surface area contributed by atoms with E-state index in [0.717, 1.165) is 39.8 Å². The minimum atomic E-state index is 0.111. The van der Waals surface area contributed by atoms with Crippen molar-refractivity contribution < 1.29 is 9.21 Å². The zero-order chi connectivity index (χ0) is 18.8. The fourth-order valence-corrected chi connectivity index (χ4v) is 3.20. The number of carbonyl (C=O) groups excluding carboxylic acids is 1. The predicted octanol–water partition coefficient (Wildman–Crippen LogP) is 5.79. The summed E-state index contributed by atoms with van der Waals surface area (Å²) in [4.78, 5) is 17.2. The van der Waals surface area contributed by atoms with Crippen molar-refractivity contribution in [3.63, 3.8) is 0 Å². The first-order valence-corrected chi connectivity index (χ1v) is 9.21. The summed E-state index contributed by atoms with van der Waals surface area (Å²) in [7, 11) is 0. The van der Waals surface area contributed by atoms with Gasteiger partial charge < -0.3 is 4.42 Å². The number of hydrogen-bond acceptors (Lipinski definition) is 3. The van der Waals surface area contributed by atoms with E-state index in [2.05, 4.69) is 18.0 Å². The SMILES string of the molecule is CCc1ccc(C(=O)Cc2ccc3oc(-c4cccc(C)c4)nc3c2)cc1. The van der Waals surface area contributed by atoms with E-state index in [-0.39, 0.29) is 5.78 Å². The molecule has 0 bridgehead atoms. The Labute approximate surface area is 158 Å². The van der Waals surface area contributed by atoms with Crippen molar-refractivity contribution in [2.24, 2.45) is 0 Å². The van der Waals surface area contributed by atoms with Gasteiger partial charge in [-0.15, -0.1) is 0 Å². The van der Waals surface area contributed by atoms with Gasteiger partial charge in [0, 0.05) is 17.5 Å². The zero-order valence-electron chi connectivity index (χ0n) is 15.5. The van der Waals surface area contributed by atoms with Crippen LogP contribution in [0.1, 0.15) is 34.0 Å². The number of nitrogens with zero attached hydrogens (tertiary/aromatic N) is 1. The summed E-state index contributed by atoms with van der Waals surface area (Å²) in [6.07, 6.45) is 1.33. The molecule has 0 N–H and O–H groups in total. The molecule has 1 heterocycles. The van der Waals surface area contributed by atoms with Crippen LogP contribution >= 0.6 is 0 Å². The van der Waals surface area contributed by atoms with Crippen LogP contribution in [-0.4, -0.2) is 10.8 Å². The standard InChI is InChI=1S/C24H21NO2/c1-3-17-7-10-19(11-8-17)22(26)15-18-9-12-23-21(14-18)25-24(27-23)20-6-4-5-16(2)13-20/h4-14H,3,15H2,1-2H3. The Morgan fingerprint density at radius 3 is 2.48 bits per heavy atom. The number of aromatic nitrogens is 1. The number of aryl methyl sites for hydroxylation is 2. The number of fused-ring (bicyclic) bond motifs is 1. The lowest BCUT2D eigenvalue weighted by Crippen LogP contribution is -2.03. The molecule has 0 aliphatic heterocycles. The summed E-state index contributed by atoms with van der Waals surface area (Å²) in [5, 5.41) is 0. The largest absolute Gasteiger partial charge is 0.436 e. The lowest BCUT2D eigenvalue weighted by Gasteiger charge is -2.03. The molecule has 3 heteroatoms. The molecule has 4 rings (SSSR count). The molecule has 0 unspecified atom stereocenters. The summed E-state index contributed by atoms with van der Waals surface area (Å²) >= 11 is 0. The number of Topliss-reactive ketones (excluding diaryl/α,β-unsaturated/α-hetero) is 1. The van der Waals surface area contributed by atoms with Crippen molar-refractivity contribution in [1.29, 1.82) is 0 Å². The third-order valence-corrected chi connectivity index (χ3v) is 4.77. The third kappa shape index (κ3) is 3.68. The number of benzene rings is 3. The van der Waals surface area contributed by atoms with E-state index in [0.29, 0.717) is 12.3 Å². The first kappa shape index (κ1) is 17.2. The summed E-state index contributed by atoms with van der Waals surface area (Å²) in [6, 6.07) is 21.7. The van der Waals surface area contributed by atoms with E-state index in [4.69, 9.17) is 4.42 Å². The molecule has 0 spiro atoms. The highest BCUT2D eigenvalue weighted by Gasteiger charge is 2.12. The number of ketones is 1. The lowest BCUT2D eigenvalue weighted by molar-refractivity contribution is 0.0993. The predicted molar refractivity (Wildman–Crippen MR) is 108 cm³/mol. The summed E-state index contributed by atoms with van der Waals surface area (Å²) in [5.74, 6) is 0.715. The highest BCUT2D eigenvalue weighted by Crippen LogP contribution is 2.26. The van der Waals surface area contributed by atoms with Crippen LogP contribution < -0.4 is 0 Å². The number of carbonyl (C=O) groups is 1. The Hall–Kier alpha value is -3.20. The van der Waals surface area contributed by atoms with Gasteiger partial charge >= 0.3 is 0 Å². The molecule has 0 saturated carbocycles. The molecule has 0 aliphatic rings. The van der Waals surface area contributed by atoms with Crippen molar-refractivity contribution in [2.75, 3.05) is 0 Å². The topological polar surface area (TPSA) is 43.1 Å².